The zero-order valence-corrected chi connectivity index (χ0v) is 16.8. The number of nitrogens with one attached hydrogen (secondary N) is 2. The second-order valence-electron chi connectivity index (χ2n) is 6.45. The molecule has 10 heteroatoms. The molecule has 2 heterocycles. The number of carbonyl (C=O) groups is 2. The van der Waals surface area contributed by atoms with Crippen LogP contribution in [-0.4, -0.2) is 43.4 Å². The zero-order chi connectivity index (χ0) is 20.2. The van der Waals surface area contributed by atoms with Gasteiger partial charge >= 0.3 is 0 Å². The molecule has 3 aromatic rings. The molecular weight excluding hydrogens is 412 g/mol. The summed E-state index contributed by atoms with van der Waals surface area (Å²) in [4.78, 5) is 32.6. The minimum atomic E-state index is -0.187. The Morgan fingerprint density at radius 2 is 2.07 bits per heavy atom. The number of anilines is 1. The minimum absolute atomic E-state index is 0.171. The molecule has 148 valence electrons. The van der Waals surface area contributed by atoms with Crippen molar-refractivity contribution in [1.82, 2.24) is 25.1 Å². The van der Waals surface area contributed by atoms with Crippen LogP contribution in [0.25, 0.3) is 5.82 Å². The quantitative estimate of drug-likeness (QED) is 0.443. The Hall–Kier alpha value is -2.91. The molecule has 0 atom stereocenters. The third kappa shape index (κ3) is 5.33. The van der Waals surface area contributed by atoms with Crippen LogP contribution in [0.1, 0.15) is 23.3 Å². The van der Waals surface area contributed by atoms with Gasteiger partial charge in [0.2, 0.25) is 5.91 Å². The number of amides is 2. The van der Waals surface area contributed by atoms with Gasteiger partial charge in [-0.15, -0.1) is 0 Å². The Balaban J connectivity index is 1.36. The summed E-state index contributed by atoms with van der Waals surface area (Å²) in [6.07, 6.45) is 5.11. The van der Waals surface area contributed by atoms with Gasteiger partial charge < -0.3 is 10.6 Å². The van der Waals surface area contributed by atoms with Gasteiger partial charge in [0.15, 0.2) is 11.5 Å². The molecule has 0 bridgehead atoms. The number of thioether (sulfide) groups is 1. The predicted octanol–water partition coefficient (Wildman–Crippen LogP) is 2.94. The van der Waals surface area contributed by atoms with E-state index in [-0.39, 0.29) is 23.6 Å². The molecule has 0 spiro atoms. The van der Waals surface area contributed by atoms with Gasteiger partial charge in [0, 0.05) is 29.0 Å². The fraction of sp³-hybridized carbons (Fsp3) is 0.211. The smallest absolute Gasteiger partial charge is 0.272 e. The van der Waals surface area contributed by atoms with Crippen molar-refractivity contribution in [3.8, 4) is 5.82 Å². The van der Waals surface area contributed by atoms with Gasteiger partial charge in [-0.2, -0.15) is 5.10 Å². The molecule has 29 heavy (non-hydrogen) atoms. The topological polar surface area (TPSA) is 102 Å². The fourth-order valence-electron chi connectivity index (χ4n) is 2.50. The predicted molar refractivity (Wildman–Crippen MR) is 110 cm³/mol. The highest BCUT2D eigenvalue weighted by molar-refractivity contribution is 7.99. The van der Waals surface area contributed by atoms with Crippen LogP contribution < -0.4 is 10.6 Å². The van der Waals surface area contributed by atoms with Gasteiger partial charge in [-0.3, -0.25) is 9.59 Å². The molecule has 1 saturated carbocycles. The molecule has 0 radical (unpaired) electrons. The van der Waals surface area contributed by atoms with Crippen LogP contribution in [0.3, 0.4) is 0 Å². The molecule has 0 unspecified atom stereocenters. The average Bonchev–Trinajstić information content (AvgIpc) is 3.38. The summed E-state index contributed by atoms with van der Waals surface area (Å²) in [7, 11) is 0. The van der Waals surface area contributed by atoms with E-state index in [1.165, 1.54) is 22.8 Å². The van der Waals surface area contributed by atoms with Crippen LogP contribution in [0.4, 0.5) is 5.69 Å². The van der Waals surface area contributed by atoms with Crippen molar-refractivity contribution in [2.75, 3.05) is 11.1 Å². The van der Waals surface area contributed by atoms with Gasteiger partial charge in [0.05, 0.1) is 5.75 Å². The second kappa shape index (κ2) is 8.62. The van der Waals surface area contributed by atoms with Crippen LogP contribution in [0.5, 0.6) is 0 Å². The summed E-state index contributed by atoms with van der Waals surface area (Å²) in [5.74, 6) is 0.336. The van der Waals surface area contributed by atoms with Crippen molar-refractivity contribution in [3.05, 3.63) is 59.6 Å². The van der Waals surface area contributed by atoms with Crippen LogP contribution in [0.15, 0.2) is 53.9 Å². The van der Waals surface area contributed by atoms with Gasteiger partial charge in [-0.25, -0.2) is 14.6 Å². The number of hydrogen-bond acceptors (Lipinski definition) is 6. The Morgan fingerprint density at radius 3 is 2.86 bits per heavy atom. The van der Waals surface area contributed by atoms with Gasteiger partial charge in [0.25, 0.3) is 5.91 Å². The van der Waals surface area contributed by atoms with E-state index < -0.39 is 0 Å². The SMILES string of the molecule is O=C(CSc1cc(-n2ccc(C(=O)NC3CC3)n2)ncn1)Nc1cccc(Cl)c1. The summed E-state index contributed by atoms with van der Waals surface area (Å²) in [6.45, 7) is 0. The fourth-order valence-corrected chi connectivity index (χ4v) is 3.35. The van der Waals surface area contributed by atoms with E-state index >= 15 is 0 Å². The number of halogens is 1. The van der Waals surface area contributed by atoms with Crippen molar-refractivity contribution >= 4 is 40.9 Å². The monoisotopic (exact) mass is 428 g/mol. The van der Waals surface area contributed by atoms with Gasteiger partial charge in [-0.05, 0) is 37.1 Å². The Labute approximate surface area is 176 Å². The van der Waals surface area contributed by atoms with E-state index in [0.717, 1.165) is 12.8 Å². The standard InChI is InChI=1S/C19H17ClN6O2S/c20-12-2-1-3-14(8-12)23-17(27)10-29-18-9-16(21-11-22-18)26-7-6-15(25-26)19(28)24-13-4-5-13/h1-3,6-9,11,13H,4-5,10H2,(H,23,27)(H,24,28). The Kier molecular flexibility index (Phi) is 5.77. The highest BCUT2D eigenvalue weighted by Crippen LogP contribution is 2.20. The number of nitrogens with zero attached hydrogens (tertiary/aromatic N) is 4. The van der Waals surface area contributed by atoms with Crippen LogP contribution in [-0.2, 0) is 4.79 Å². The number of rotatable bonds is 7. The zero-order valence-electron chi connectivity index (χ0n) is 15.2. The Bertz CT molecular complexity index is 1050. The lowest BCUT2D eigenvalue weighted by molar-refractivity contribution is -0.113. The molecule has 1 aliphatic carbocycles. The van der Waals surface area contributed by atoms with Crippen molar-refractivity contribution < 1.29 is 9.59 Å². The molecule has 4 rings (SSSR count). The number of aromatic nitrogens is 4. The molecule has 2 amide bonds. The number of benzene rings is 1. The molecule has 2 N–H and O–H groups in total. The summed E-state index contributed by atoms with van der Waals surface area (Å²) in [5, 5.41) is 11.1. The van der Waals surface area contributed by atoms with Gasteiger partial charge in [0.1, 0.15) is 11.4 Å². The van der Waals surface area contributed by atoms with E-state index in [9.17, 15) is 9.59 Å². The van der Waals surface area contributed by atoms with E-state index in [1.807, 2.05) is 0 Å². The number of carbonyl (C=O) groups excluding carboxylic acids is 2. The Morgan fingerprint density at radius 1 is 1.21 bits per heavy atom. The van der Waals surface area contributed by atoms with Crippen molar-refractivity contribution in [2.24, 2.45) is 0 Å². The molecule has 1 fully saturated rings. The van der Waals surface area contributed by atoms with E-state index in [4.69, 9.17) is 11.6 Å². The molecule has 8 nitrogen and oxygen atoms in total. The summed E-state index contributed by atoms with van der Waals surface area (Å²) in [5.41, 5.74) is 0.977. The third-order valence-electron chi connectivity index (χ3n) is 4.06. The highest BCUT2D eigenvalue weighted by Gasteiger charge is 2.24. The average molecular weight is 429 g/mol. The van der Waals surface area contributed by atoms with Crippen LogP contribution in [0, 0.1) is 0 Å². The second-order valence-corrected chi connectivity index (χ2v) is 7.89. The first-order valence-corrected chi connectivity index (χ1v) is 10.3. The van der Waals surface area contributed by atoms with Crippen molar-refractivity contribution in [1.29, 1.82) is 0 Å². The molecule has 0 aliphatic heterocycles. The van der Waals surface area contributed by atoms with Crippen molar-refractivity contribution in [2.45, 2.75) is 23.9 Å². The van der Waals surface area contributed by atoms with E-state index in [2.05, 4.69) is 25.7 Å². The minimum Gasteiger partial charge on any atom is -0.348 e. The van der Waals surface area contributed by atoms with E-state index in [1.54, 1.807) is 42.6 Å². The number of hydrogen-bond donors (Lipinski definition) is 2. The summed E-state index contributed by atoms with van der Waals surface area (Å²) < 4.78 is 1.51. The molecule has 1 aromatic carbocycles. The molecule has 0 saturated heterocycles. The summed E-state index contributed by atoms with van der Waals surface area (Å²) >= 11 is 7.19. The lowest BCUT2D eigenvalue weighted by Crippen LogP contribution is -2.25. The van der Waals surface area contributed by atoms with Gasteiger partial charge in [-0.1, -0.05) is 29.4 Å². The first-order valence-electron chi connectivity index (χ1n) is 8.94. The highest BCUT2D eigenvalue weighted by atomic mass is 35.5. The van der Waals surface area contributed by atoms with Crippen molar-refractivity contribution in [3.63, 3.8) is 0 Å². The maximum absolute atomic E-state index is 12.1. The molecule has 2 aromatic heterocycles. The van der Waals surface area contributed by atoms with E-state index in [0.29, 0.717) is 27.2 Å². The normalized spacial score (nSPS) is 13.1. The third-order valence-corrected chi connectivity index (χ3v) is 5.22. The van der Waals surface area contributed by atoms with Crippen LogP contribution in [0.2, 0.25) is 5.02 Å². The summed E-state index contributed by atoms with van der Waals surface area (Å²) in [6, 6.07) is 10.6. The maximum Gasteiger partial charge on any atom is 0.272 e. The largest absolute Gasteiger partial charge is 0.348 e. The first kappa shape index (κ1) is 19.4. The lowest BCUT2D eigenvalue weighted by Gasteiger charge is -2.06. The molecular formula is C19H17ClN6O2S. The lowest BCUT2D eigenvalue weighted by atomic mass is 10.3. The first-order chi connectivity index (χ1) is 14.1. The molecule has 1 aliphatic rings. The maximum atomic E-state index is 12.1. The van der Waals surface area contributed by atoms with Crippen LogP contribution >= 0.6 is 23.4 Å².